The molecule has 1 amide bonds. The maximum absolute atomic E-state index is 13.3. The third-order valence-corrected chi connectivity index (χ3v) is 10.8. The van der Waals surface area contributed by atoms with E-state index in [-0.39, 0.29) is 11.5 Å². The molecule has 3 aliphatic rings. The minimum absolute atomic E-state index is 0.184. The van der Waals surface area contributed by atoms with E-state index in [2.05, 4.69) is 9.62 Å². The first-order valence-corrected chi connectivity index (χ1v) is 16.4. The monoisotopic (exact) mass is 586 g/mol. The van der Waals surface area contributed by atoms with Crippen LogP contribution in [0.1, 0.15) is 73.4 Å². The number of benzene rings is 2. The average molecular weight is 587 g/mol. The molecule has 0 radical (unpaired) electrons. The highest BCUT2D eigenvalue weighted by Crippen LogP contribution is 2.41. The summed E-state index contributed by atoms with van der Waals surface area (Å²) in [5.41, 5.74) is 3.31. The van der Waals surface area contributed by atoms with Crippen LogP contribution in [-0.2, 0) is 23.1 Å². The maximum atomic E-state index is 13.3. The molecule has 2 aromatic rings. The Bertz CT molecular complexity index is 1360. The number of rotatable bonds is 1. The number of aryl methyl sites for hydroxylation is 1. The maximum Gasteiger partial charge on any atom is 0.264 e. The van der Waals surface area contributed by atoms with Crippen molar-refractivity contribution in [2.45, 2.75) is 76.3 Å². The molecule has 2 aliphatic heterocycles. The van der Waals surface area contributed by atoms with Gasteiger partial charge in [-0.2, -0.15) is 0 Å². The molecule has 0 saturated heterocycles. The van der Waals surface area contributed by atoms with Crippen molar-refractivity contribution >= 4 is 33.2 Å². The molecule has 40 heavy (non-hydrogen) atoms. The second-order valence-electron chi connectivity index (χ2n) is 11.3. The first-order chi connectivity index (χ1) is 19.2. The molecule has 7 nitrogen and oxygen atoms in total. The molecular formula is C31H39ClN2O5S. The molecule has 2 aromatic carbocycles. The molecule has 4 atom stereocenters. The van der Waals surface area contributed by atoms with Crippen molar-refractivity contribution < 1.29 is 23.1 Å². The van der Waals surface area contributed by atoms with E-state index in [4.69, 9.17) is 16.3 Å². The zero-order valence-corrected chi connectivity index (χ0v) is 24.6. The number of fused-ring (bicyclic) bond motifs is 3. The number of nitrogens with one attached hydrogen (secondary N) is 1. The zero-order valence-electron chi connectivity index (χ0n) is 23.0. The molecule has 0 spiro atoms. The third-order valence-electron chi connectivity index (χ3n) is 8.74. The molecule has 1 aliphatic carbocycles. The average Bonchev–Trinajstić information content (AvgIpc) is 2.93. The van der Waals surface area contributed by atoms with Crippen LogP contribution in [0.2, 0.25) is 5.02 Å². The molecule has 216 valence electrons. The summed E-state index contributed by atoms with van der Waals surface area (Å²) < 4.78 is 34.9. The third kappa shape index (κ3) is 6.50. The van der Waals surface area contributed by atoms with Crippen LogP contribution in [0.4, 0.5) is 5.69 Å². The predicted molar refractivity (Wildman–Crippen MR) is 158 cm³/mol. The van der Waals surface area contributed by atoms with Crippen LogP contribution in [0.3, 0.4) is 0 Å². The summed E-state index contributed by atoms with van der Waals surface area (Å²) in [6, 6.07) is 11.0. The van der Waals surface area contributed by atoms with Crippen molar-refractivity contribution in [2.75, 3.05) is 18.0 Å². The molecule has 2 heterocycles. The number of aliphatic hydroxyl groups is 1. The highest BCUT2D eigenvalue weighted by molar-refractivity contribution is 7.90. The molecule has 2 bridgehead atoms. The number of carbonyl (C=O) groups excluding carboxylic acids is 1. The summed E-state index contributed by atoms with van der Waals surface area (Å²) in [6.45, 7) is 3.66. The minimum Gasteiger partial charge on any atom is -0.487 e. The van der Waals surface area contributed by atoms with Crippen LogP contribution in [-0.4, -0.2) is 43.9 Å². The molecule has 0 aromatic heterocycles. The van der Waals surface area contributed by atoms with Gasteiger partial charge in [0.2, 0.25) is 10.0 Å². The SMILES string of the molecule is CC[C@H]1C/C=C/C[C@H](O)[C@@H]2CC[C@H]2CN2CCCCc3cc(Cl)ccc3COc3ccc(cc32)C(=O)NS1(=O)=O. The van der Waals surface area contributed by atoms with E-state index in [1.165, 1.54) is 5.56 Å². The Hall–Kier alpha value is -2.55. The van der Waals surface area contributed by atoms with Crippen LogP contribution >= 0.6 is 11.6 Å². The summed E-state index contributed by atoms with van der Waals surface area (Å²) in [6.07, 6.45) is 9.20. The van der Waals surface area contributed by atoms with Gasteiger partial charge in [-0.05, 0) is 105 Å². The smallest absolute Gasteiger partial charge is 0.264 e. The Morgan fingerprint density at radius 1 is 1.07 bits per heavy atom. The Kier molecular flexibility index (Phi) is 9.08. The number of aliphatic hydroxyl groups excluding tert-OH is 1. The van der Waals surface area contributed by atoms with Gasteiger partial charge in [0.1, 0.15) is 12.4 Å². The van der Waals surface area contributed by atoms with Gasteiger partial charge >= 0.3 is 0 Å². The normalized spacial score (nSPS) is 28.0. The molecular weight excluding hydrogens is 548 g/mol. The topological polar surface area (TPSA) is 95.9 Å². The highest BCUT2D eigenvalue weighted by atomic mass is 35.5. The first kappa shape index (κ1) is 29.0. The number of allylic oxidation sites excluding steroid dienone is 1. The van der Waals surface area contributed by atoms with Crippen molar-refractivity contribution in [2.24, 2.45) is 11.8 Å². The number of hydrogen-bond acceptors (Lipinski definition) is 6. The van der Waals surface area contributed by atoms with Crippen LogP contribution in [0, 0.1) is 11.8 Å². The second kappa shape index (κ2) is 12.5. The molecule has 0 unspecified atom stereocenters. The number of hydrogen-bond donors (Lipinski definition) is 2. The van der Waals surface area contributed by atoms with Gasteiger partial charge in [0.15, 0.2) is 0 Å². The number of sulfonamides is 1. The number of halogens is 1. The summed E-state index contributed by atoms with van der Waals surface area (Å²) >= 11 is 6.29. The minimum atomic E-state index is -3.89. The molecule has 9 heteroatoms. The van der Waals surface area contributed by atoms with Gasteiger partial charge in [-0.25, -0.2) is 13.1 Å². The lowest BCUT2D eigenvalue weighted by atomic mass is 9.69. The van der Waals surface area contributed by atoms with E-state index in [0.717, 1.165) is 56.4 Å². The molecule has 1 saturated carbocycles. The largest absolute Gasteiger partial charge is 0.487 e. The van der Waals surface area contributed by atoms with E-state index < -0.39 is 27.3 Å². The highest BCUT2D eigenvalue weighted by Gasteiger charge is 2.37. The number of amides is 1. The van der Waals surface area contributed by atoms with Gasteiger partial charge < -0.3 is 14.7 Å². The lowest BCUT2D eigenvalue weighted by molar-refractivity contribution is 0.0180. The van der Waals surface area contributed by atoms with Gasteiger partial charge in [-0.15, -0.1) is 0 Å². The summed E-state index contributed by atoms with van der Waals surface area (Å²) in [4.78, 5) is 15.5. The van der Waals surface area contributed by atoms with Gasteiger partial charge in [0.05, 0.1) is 17.0 Å². The second-order valence-corrected chi connectivity index (χ2v) is 13.7. The number of carbonyl (C=O) groups is 1. The van der Waals surface area contributed by atoms with Crippen LogP contribution < -0.4 is 14.4 Å². The van der Waals surface area contributed by atoms with Gasteiger partial charge in [-0.1, -0.05) is 36.7 Å². The van der Waals surface area contributed by atoms with Crippen LogP contribution in [0.25, 0.3) is 0 Å². The van der Waals surface area contributed by atoms with Crippen molar-refractivity contribution in [1.82, 2.24) is 4.72 Å². The Morgan fingerprint density at radius 3 is 2.67 bits per heavy atom. The van der Waals surface area contributed by atoms with Crippen molar-refractivity contribution in [3.63, 3.8) is 0 Å². The Morgan fingerprint density at radius 2 is 1.90 bits per heavy atom. The van der Waals surface area contributed by atoms with E-state index in [1.807, 2.05) is 30.4 Å². The standard InChI is InChI=1S/C31H39ClN2O5S/c1-2-26-8-3-4-9-29(35)27-14-11-23(27)19-34-16-6-5-7-21-17-25(32)13-10-24(21)20-39-30-15-12-22(18-28(30)34)31(36)33-40(26,37)38/h3-4,10,12-13,15,17-18,23,26-27,29,35H,2,5-9,11,14,16,19-20H2,1H3,(H,33,36)/b4-3+/t23-,26-,27+,29-/m0/s1. The van der Waals surface area contributed by atoms with E-state index in [0.29, 0.717) is 42.6 Å². The Labute approximate surface area is 242 Å². The molecule has 2 N–H and O–H groups in total. The van der Waals surface area contributed by atoms with Gasteiger partial charge in [0, 0.05) is 23.7 Å². The number of anilines is 1. The molecule has 5 rings (SSSR count). The fourth-order valence-electron chi connectivity index (χ4n) is 6.13. The molecule has 1 fully saturated rings. The summed E-state index contributed by atoms with van der Waals surface area (Å²) in [7, 11) is -3.89. The van der Waals surface area contributed by atoms with E-state index in [1.54, 1.807) is 25.1 Å². The lowest BCUT2D eigenvalue weighted by Crippen LogP contribution is -2.43. The van der Waals surface area contributed by atoms with Gasteiger partial charge in [-0.3, -0.25) is 4.79 Å². The quantitative estimate of drug-likeness (QED) is 0.420. The number of ether oxygens (including phenoxy) is 1. The van der Waals surface area contributed by atoms with E-state index >= 15 is 0 Å². The lowest BCUT2D eigenvalue weighted by Gasteiger charge is -2.43. The van der Waals surface area contributed by atoms with Crippen LogP contribution in [0.15, 0.2) is 48.6 Å². The number of nitrogens with zero attached hydrogens (tertiary/aromatic N) is 1. The van der Waals surface area contributed by atoms with Gasteiger partial charge in [0.25, 0.3) is 5.91 Å². The van der Waals surface area contributed by atoms with E-state index in [9.17, 15) is 18.3 Å². The van der Waals surface area contributed by atoms with Crippen molar-refractivity contribution in [3.8, 4) is 5.75 Å². The van der Waals surface area contributed by atoms with Crippen LogP contribution in [0.5, 0.6) is 5.75 Å². The summed E-state index contributed by atoms with van der Waals surface area (Å²) in [5, 5.41) is 11.0. The zero-order chi connectivity index (χ0) is 28.3. The fraction of sp³-hybridized carbons (Fsp3) is 0.516. The first-order valence-electron chi connectivity index (χ1n) is 14.4. The van der Waals surface area contributed by atoms with Crippen molar-refractivity contribution in [3.05, 3.63) is 70.3 Å². The predicted octanol–water partition coefficient (Wildman–Crippen LogP) is 5.64. The fourth-order valence-corrected chi connectivity index (χ4v) is 7.67. The summed E-state index contributed by atoms with van der Waals surface area (Å²) in [5.74, 6) is 0.521. The Balaban J connectivity index is 1.53. The van der Waals surface area contributed by atoms with Crippen molar-refractivity contribution in [1.29, 1.82) is 0 Å².